The average Bonchev–Trinajstić information content (AvgIpc) is 2.73. The summed E-state index contributed by atoms with van der Waals surface area (Å²) in [4.78, 5) is 12.7. The molecule has 0 aromatic heterocycles. The van der Waals surface area contributed by atoms with Gasteiger partial charge in [-0.05, 0) is 55.7 Å². The molecule has 0 aliphatic heterocycles. The smallest absolute Gasteiger partial charge is 0.264 e. The number of carbonyl (C=O) groups excluding carboxylic acids is 1. The van der Waals surface area contributed by atoms with E-state index >= 15 is 0 Å². The van der Waals surface area contributed by atoms with Crippen molar-refractivity contribution in [3.8, 4) is 0 Å². The highest BCUT2D eigenvalue weighted by molar-refractivity contribution is 7.92. The van der Waals surface area contributed by atoms with E-state index in [1.807, 2.05) is 6.92 Å². The van der Waals surface area contributed by atoms with E-state index in [2.05, 4.69) is 19.2 Å². The number of nitrogens with one attached hydrogen (secondary N) is 1. The molecule has 0 spiro atoms. The number of benzene rings is 2. The van der Waals surface area contributed by atoms with Crippen LogP contribution in [0.1, 0.15) is 55.5 Å². The van der Waals surface area contributed by atoms with Crippen LogP contribution in [-0.4, -0.2) is 27.9 Å². The van der Waals surface area contributed by atoms with Crippen LogP contribution < -0.4 is 9.62 Å². The monoisotopic (exact) mass is 416 g/mol. The molecule has 1 N–H and O–H groups in total. The number of carbonyl (C=O) groups is 1. The third-order valence-electron chi connectivity index (χ3n) is 5.27. The first-order valence-corrected chi connectivity index (χ1v) is 11.7. The minimum absolute atomic E-state index is 0.129. The third kappa shape index (κ3) is 6.07. The van der Waals surface area contributed by atoms with Crippen LogP contribution in [0.3, 0.4) is 0 Å². The maximum Gasteiger partial charge on any atom is 0.264 e. The first-order chi connectivity index (χ1) is 13.8. The maximum atomic E-state index is 12.8. The summed E-state index contributed by atoms with van der Waals surface area (Å²) in [5.74, 6) is 0.361. The van der Waals surface area contributed by atoms with Gasteiger partial charge in [0.2, 0.25) is 0 Å². The summed E-state index contributed by atoms with van der Waals surface area (Å²) in [5.41, 5.74) is 2.04. The van der Waals surface area contributed by atoms with Crippen LogP contribution in [0.5, 0.6) is 0 Å². The molecular formula is C23H32N2O3S. The van der Waals surface area contributed by atoms with Gasteiger partial charge in [0.05, 0.1) is 10.6 Å². The predicted molar refractivity (Wildman–Crippen MR) is 119 cm³/mol. The van der Waals surface area contributed by atoms with Crippen LogP contribution in [-0.2, 0) is 10.0 Å². The van der Waals surface area contributed by atoms with Gasteiger partial charge in [0.1, 0.15) is 0 Å². The molecule has 2 aromatic carbocycles. The van der Waals surface area contributed by atoms with Crippen molar-refractivity contribution in [3.63, 3.8) is 0 Å². The second kappa shape index (κ2) is 10.4. The zero-order chi connectivity index (χ0) is 21.4. The van der Waals surface area contributed by atoms with Crippen LogP contribution in [0.25, 0.3) is 0 Å². The molecule has 0 fully saturated rings. The van der Waals surface area contributed by atoms with Crippen LogP contribution >= 0.6 is 0 Å². The quantitative estimate of drug-likeness (QED) is 0.607. The lowest BCUT2D eigenvalue weighted by Gasteiger charge is -2.20. The third-order valence-corrected chi connectivity index (χ3v) is 7.07. The molecule has 6 heteroatoms. The normalized spacial score (nSPS) is 12.4. The fourth-order valence-corrected chi connectivity index (χ4v) is 4.31. The fraction of sp³-hybridized carbons (Fsp3) is 0.435. The van der Waals surface area contributed by atoms with E-state index in [1.165, 1.54) is 17.8 Å². The maximum absolute atomic E-state index is 12.8. The van der Waals surface area contributed by atoms with Gasteiger partial charge in [-0.1, -0.05) is 50.8 Å². The van der Waals surface area contributed by atoms with Crippen LogP contribution in [0, 0.1) is 12.8 Å². The van der Waals surface area contributed by atoms with Gasteiger partial charge in [-0.3, -0.25) is 9.10 Å². The number of hydrogen-bond donors (Lipinski definition) is 1. The Morgan fingerprint density at radius 1 is 1.03 bits per heavy atom. The molecule has 5 nitrogen and oxygen atoms in total. The number of rotatable bonds is 10. The highest BCUT2D eigenvalue weighted by Crippen LogP contribution is 2.23. The van der Waals surface area contributed by atoms with Gasteiger partial charge in [-0.25, -0.2) is 8.42 Å². The molecule has 0 bridgehead atoms. The van der Waals surface area contributed by atoms with Gasteiger partial charge < -0.3 is 5.32 Å². The molecule has 0 unspecified atom stereocenters. The number of hydrogen-bond acceptors (Lipinski definition) is 3. The molecule has 1 atom stereocenters. The molecule has 2 rings (SSSR count). The van der Waals surface area contributed by atoms with E-state index < -0.39 is 10.0 Å². The van der Waals surface area contributed by atoms with Crippen molar-refractivity contribution in [1.82, 2.24) is 5.32 Å². The Hall–Kier alpha value is -2.34. The van der Waals surface area contributed by atoms with E-state index in [4.69, 9.17) is 0 Å². The highest BCUT2D eigenvalue weighted by Gasteiger charge is 2.21. The molecule has 2 aromatic rings. The van der Waals surface area contributed by atoms with Gasteiger partial charge in [-0.15, -0.1) is 0 Å². The summed E-state index contributed by atoms with van der Waals surface area (Å²) in [6.07, 6.45) is 4.49. The Morgan fingerprint density at radius 2 is 1.66 bits per heavy atom. The molecule has 0 heterocycles. The molecular weight excluding hydrogens is 384 g/mol. The van der Waals surface area contributed by atoms with E-state index in [0.717, 1.165) is 24.8 Å². The Morgan fingerprint density at radius 3 is 2.21 bits per heavy atom. The van der Waals surface area contributed by atoms with Gasteiger partial charge in [-0.2, -0.15) is 0 Å². The second-order valence-corrected chi connectivity index (χ2v) is 9.43. The lowest BCUT2D eigenvalue weighted by Crippen LogP contribution is -2.29. The molecule has 0 saturated carbocycles. The van der Waals surface area contributed by atoms with Crippen molar-refractivity contribution in [2.24, 2.45) is 5.92 Å². The van der Waals surface area contributed by atoms with Gasteiger partial charge in [0.25, 0.3) is 15.9 Å². The highest BCUT2D eigenvalue weighted by atomic mass is 32.2. The van der Waals surface area contributed by atoms with Crippen molar-refractivity contribution in [2.45, 2.75) is 51.3 Å². The second-order valence-electron chi connectivity index (χ2n) is 7.46. The van der Waals surface area contributed by atoms with Crippen molar-refractivity contribution < 1.29 is 13.2 Å². The minimum atomic E-state index is -3.64. The molecule has 0 aliphatic carbocycles. The Bertz CT molecular complexity index is 891. The number of nitrogens with zero attached hydrogens (tertiary/aromatic N) is 1. The van der Waals surface area contributed by atoms with Crippen molar-refractivity contribution in [3.05, 3.63) is 59.7 Å². The summed E-state index contributed by atoms with van der Waals surface area (Å²) in [7, 11) is -2.13. The first kappa shape index (κ1) is 22.9. The number of unbranched alkanes of at least 4 members (excludes halogenated alkanes) is 1. The summed E-state index contributed by atoms with van der Waals surface area (Å²) in [6, 6.07) is 13.4. The van der Waals surface area contributed by atoms with Crippen molar-refractivity contribution >= 4 is 21.6 Å². The standard InChI is InChI=1S/C23H32N2O3S/c1-5-7-8-19(6-2)17-24-23(26)20-11-13-21(14-12-20)25(4)29(27,28)22-15-9-18(3)10-16-22/h9-16,19H,5-8,17H2,1-4H3,(H,24,26)/t19-/m1/s1. The van der Waals surface area contributed by atoms with Gasteiger partial charge >= 0.3 is 0 Å². The first-order valence-electron chi connectivity index (χ1n) is 10.2. The lowest BCUT2D eigenvalue weighted by molar-refractivity contribution is 0.0946. The number of aryl methyl sites for hydroxylation is 1. The summed E-state index contributed by atoms with van der Waals surface area (Å²) in [5, 5.41) is 3.00. The molecule has 158 valence electrons. The predicted octanol–water partition coefficient (Wildman–Crippen LogP) is 4.77. The number of amides is 1. The van der Waals surface area contributed by atoms with E-state index in [0.29, 0.717) is 23.7 Å². The van der Waals surface area contributed by atoms with Crippen molar-refractivity contribution in [2.75, 3.05) is 17.9 Å². The van der Waals surface area contributed by atoms with Gasteiger partial charge in [0.15, 0.2) is 0 Å². The topological polar surface area (TPSA) is 66.5 Å². The van der Waals surface area contributed by atoms with E-state index in [-0.39, 0.29) is 10.8 Å². The zero-order valence-electron chi connectivity index (χ0n) is 17.8. The summed E-state index contributed by atoms with van der Waals surface area (Å²) in [6.45, 7) is 6.89. The zero-order valence-corrected chi connectivity index (χ0v) is 18.6. The average molecular weight is 417 g/mol. The molecule has 0 saturated heterocycles. The lowest BCUT2D eigenvalue weighted by atomic mass is 9.99. The Balaban J connectivity index is 2.05. The van der Waals surface area contributed by atoms with Crippen molar-refractivity contribution in [1.29, 1.82) is 0 Å². The Kier molecular flexibility index (Phi) is 8.26. The van der Waals surface area contributed by atoms with Crippen LogP contribution in [0.15, 0.2) is 53.4 Å². The molecule has 0 aliphatic rings. The summed E-state index contributed by atoms with van der Waals surface area (Å²) < 4.78 is 26.8. The molecule has 1 amide bonds. The fourth-order valence-electron chi connectivity index (χ4n) is 3.11. The van der Waals surface area contributed by atoms with Gasteiger partial charge in [0, 0.05) is 19.2 Å². The Labute approximate surface area is 175 Å². The number of sulfonamides is 1. The summed E-state index contributed by atoms with van der Waals surface area (Å²) >= 11 is 0. The van der Waals surface area contributed by atoms with Crippen LogP contribution in [0.4, 0.5) is 5.69 Å². The van der Waals surface area contributed by atoms with E-state index in [1.54, 1.807) is 48.5 Å². The minimum Gasteiger partial charge on any atom is -0.352 e. The molecule has 0 radical (unpaired) electrons. The number of anilines is 1. The van der Waals surface area contributed by atoms with E-state index in [9.17, 15) is 13.2 Å². The van der Waals surface area contributed by atoms with Crippen LogP contribution in [0.2, 0.25) is 0 Å². The molecule has 29 heavy (non-hydrogen) atoms. The largest absolute Gasteiger partial charge is 0.352 e. The SMILES string of the molecule is CCCC[C@@H](CC)CNC(=O)c1ccc(N(C)S(=O)(=O)c2ccc(C)cc2)cc1.